The van der Waals surface area contributed by atoms with Gasteiger partial charge in [0.25, 0.3) is 0 Å². The molecule has 0 aromatic heterocycles. The molecule has 1 amide bonds. The molecule has 1 N–H and O–H groups in total. The van der Waals surface area contributed by atoms with E-state index in [1.54, 1.807) is 0 Å². The van der Waals surface area contributed by atoms with Crippen molar-refractivity contribution < 1.29 is 9.59 Å². The van der Waals surface area contributed by atoms with Gasteiger partial charge in [0, 0.05) is 0 Å². The van der Waals surface area contributed by atoms with E-state index in [4.69, 9.17) is 0 Å². The number of hydrogen-bond acceptors (Lipinski definition) is 2. The molecule has 0 aliphatic rings. The van der Waals surface area contributed by atoms with Gasteiger partial charge in [-0.25, -0.2) is 0 Å². The number of benzene rings is 3. The van der Waals surface area contributed by atoms with Gasteiger partial charge in [-0.15, -0.1) is 0 Å². The van der Waals surface area contributed by atoms with E-state index in [0.717, 1.165) is 21.3 Å². The second-order valence-corrected chi connectivity index (χ2v) is 8.03. The summed E-state index contributed by atoms with van der Waals surface area (Å²) in [7, 11) is 0. The molecule has 0 aliphatic carbocycles. The van der Waals surface area contributed by atoms with Crippen LogP contribution < -0.4 is 9.78 Å². The molecular weight excluding hydrogens is 389 g/mol. The molecule has 3 aromatic rings. The van der Waals surface area contributed by atoms with Crippen LogP contribution in [0.15, 0.2) is 78.9 Å². The molecule has 0 spiro atoms. The van der Waals surface area contributed by atoms with Crippen molar-refractivity contribution >= 4 is 36.8 Å². The average molecular weight is 408 g/mol. The van der Waals surface area contributed by atoms with Gasteiger partial charge in [0.1, 0.15) is 0 Å². The van der Waals surface area contributed by atoms with E-state index in [9.17, 15) is 9.59 Å². The second-order valence-electron chi connectivity index (χ2n) is 5.90. The van der Waals surface area contributed by atoms with Crippen molar-refractivity contribution in [2.24, 2.45) is 0 Å². The molecule has 0 bridgehead atoms. The standard InChI is InChI=1S/C22H19NO2Se/c1-16-8-7-11-18(14-16)23-22(25)19-12-5-6-13-21(19)26-15-20(24)17-9-3-2-4-10-17/h2-14H,15H2,1H3,(H,23,25). The molecule has 3 aromatic carbocycles. The van der Waals surface area contributed by atoms with E-state index < -0.39 is 0 Å². The molecule has 130 valence electrons. The van der Waals surface area contributed by atoms with Crippen LogP contribution in [0.2, 0.25) is 5.32 Å². The summed E-state index contributed by atoms with van der Waals surface area (Å²) in [4.78, 5) is 25.0. The van der Waals surface area contributed by atoms with Gasteiger partial charge in [-0.2, -0.15) is 0 Å². The second kappa shape index (κ2) is 8.61. The molecule has 3 nitrogen and oxygen atoms in total. The van der Waals surface area contributed by atoms with E-state index >= 15 is 0 Å². The number of nitrogens with one attached hydrogen (secondary N) is 1. The molecule has 0 atom stereocenters. The van der Waals surface area contributed by atoms with Crippen LogP contribution in [0.5, 0.6) is 0 Å². The molecule has 3 rings (SSSR count). The molecule has 4 heteroatoms. The number of Topliss-reactive ketones (excluding diaryl/α,β-unsaturated/α-hetero) is 1. The molecule has 0 unspecified atom stereocenters. The summed E-state index contributed by atoms with van der Waals surface area (Å²) in [6.07, 6.45) is 0. The van der Waals surface area contributed by atoms with E-state index in [-0.39, 0.29) is 26.6 Å². The normalized spacial score (nSPS) is 10.3. The van der Waals surface area contributed by atoms with Crippen LogP contribution in [0.1, 0.15) is 26.3 Å². The van der Waals surface area contributed by atoms with Crippen LogP contribution in [0, 0.1) is 6.92 Å². The Labute approximate surface area is 159 Å². The van der Waals surface area contributed by atoms with Gasteiger partial charge in [0.15, 0.2) is 0 Å². The van der Waals surface area contributed by atoms with Crippen molar-refractivity contribution in [2.45, 2.75) is 12.2 Å². The number of carbonyl (C=O) groups is 2. The summed E-state index contributed by atoms with van der Waals surface area (Å²) in [5.41, 5.74) is 3.22. The first-order valence-corrected chi connectivity index (χ1v) is 10.4. The number of hydrogen-bond donors (Lipinski definition) is 1. The van der Waals surface area contributed by atoms with Gasteiger partial charge in [-0.3, -0.25) is 0 Å². The quantitative estimate of drug-likeness (QED) is 0.497. The Morgan fingerprint density at radius 2 is 1.62 bits per heavy atom. The Kier molecular flexibility index (Phi) is 6.00. The number of rotatable bonds is 6. The van der Waals surface area contributed by atoms with Crippen LogP contribution in [0.25, 0.3) is 0 Å². The fourth-order valence-corrected chi connectivity index (χ4v) is 4.53. The fourth-order valence-electron chi connectivity index (χ4n) is 2.55. The maximum atomic E-state index is 12.7. The van der Waals surface area contributed by atoms with Gasteiger partial charge in [0.05, 0.1) is 0 Å². The topological polar surface area (TPSA) is 46.2 Å². The summed E-state index contributed by atoms with van der Waals surface area (Å²) in [5.74, 6) is -0.0280. The average Bonchev–Trinajstić information content (AvgIpc) is 2.67. The first-order chi connectivity index (χ1) is 12.6. The van der Waals surface area contributed by atoms with Gasteiger partial charge in [-0.1, -0.05) is 0 Å². The number of aryl methyl sites for hydroxylation is 1. The van der Waals surface area contributed by atoms with Crippen molar-refractivity contribution in [3.8, 4) is 0 Å². The SMILES string of the molecule is Cc1cccc(NC(=O)c2ccccc2[Se]CC(=O)c2ccccc2)c1. The minimum atomic E-state index is -0.139. The van der Waals surface area contributed by atoms with E-state index in [2.05, 4.69) is 5.32 Å². The predicted octanol–water partition coefficient (Wildman–Crippen LogP) is 3.88. The van der Waals surface area contributed by atoms with Crippen molar-refractivity contribution in [1.82, 2.24) is 0 Å². The number of carbonyl (C=O) groups excluding carboxylic acids is 2. The zero-order valence-corrected chi connectivity index (χ0v) is 16.2. The van der Waals surface area contributed by atoms with Crippen molar-refractivity contribution in [3.63, 3.8) is 0 Å². The summed E-state index contributed by atoms with van der Waals surface area (Å²) in [6.45, 7) is 1.99. The molecule has 0 heterocycles. The third kappa shape index (κ3) is 4.69. The van der Waals surface area contributed by atoms with Gasteiger partial charge >= 0.3 is 159 Å². The summed E-state index contributed by atoms with van der Waals surface area (Å²) >= 11 is -0.104. The first-order valence-electron chi connectivity index (χ1n) is 8.31. The fraction of sp³-hybridized carbons (Fsp3) is 0.0909. The molecule has 0 saturated heterocycles. The molecule has 0 radical (unpaired) electrons. The van der Waals surface area contributed by atoms with Crippen LogP contribution in [0.3, 0.4) is 0 Å². The number of ketones is 1. The van der Waals surface area contributed by atoms with Crippen molar-refractivity contribution in [3.05, 3.63) is 95.6 Å². The van der Waals surface area contributed by atoms with Crippen LogP contribution in [-0.4, -0.2) is 26.6 Å². The zero-order chi connectivity index (χ0) is 18.4. The van der Waals surface area contributed by atoms with Gasteiger partial charge < -0.3 is 0 Å². The van der Waals surface area contributed by atoms with Crippen LogP contribution in [0.4, 0.5) is 5.69 Å². The zero-order valence-electron chi connectivity index (χ0n) is 14.4. The molecule has 0 saturated carbocycles. The Hall–Kier alpha value is -2.68. The Balaban J connectivity index is 1.71. The van der Waals surface area contributed by atoms with Crippen LogP contribution in [-0.2, 0) is 0 Å². The summed E-state index contributed by atoms with van der Waals surface area (Å²) in [5, 5.41) is 3.38. The van der Waals surface area contributed by atoms with E-state index in [1.165, 1.54) is 0 Å². The monoisotopic (exact) mass is 409 g/mol. The van der Waals surface area contributed by atoms with Crippen molar-refractivity contribution in [1.29, 1.82) is 0 Å². The third-order valence-electron chi connectivity index (χ3n) is 3.86. The molecule has 0 aliphatic heterocycles. The number of amides is 1. The van der Waals surface area contributed by atoms with Gasteiger partial charge in [0.2, 0.25) is 0 Å². The molecular formula is C22H19NO2Se. The first kappa shape index (κ1) is 18.1. The van der Waals surface area contributed by atoms with Gasteiger partial charge in [-0.05, 0) is 0 Å². The number of anilines is 1. The Morgan fingerprint density at radius 3 is 2.38 bits per heavy atom. The molecule has 26 heavy (non-hydrogen) atoms. The Morgan fingerprint density at radius 1 is 0.885 bits per heavy atom. The molecule has 0 fully saturated rings. The summed E-state index contributed by atoms with van der Waals surface area (Å²) < 4.78 is 0.939. The van der Waals surface area contributed by atoms with E-state index in [1.807, 2.05) is 85.8 Å². The Bertz CT molecular complexity index is 922. The van der Waals surface area contributed by atoms with E-state index in [0.29, 0.717) is 10.9 Å². The maximum absolute atomic E-state index is 12.7. The predicted molar refractivity (Wildman–Crippen MR) is 107 cm³/mol. The third-order valence-corrected chi connectivity index (χ3v) is 6.11. The minimum absolute atomic E-state index is 0.104. The summed E-state index contributed by atoms with van der Waals surface area (Å²) in [6, 6.07) is 24.5. The van der Waals surface area contributed by atoms with Crippen LogP contribution >= 0.6 is 0 Å². The van der Waals surface area contributed by atoms with Crippen molar-refractivity contribution in [2.75, 3.05) is 5.32 Å².